The minimum Gasteiger partial charge on any atom is -0.366 e. The molecule has 2 N–H and O–H groups in total. The van der Waals surface area contributed by atoms with Gasteiger partial charge >= 0.3 is 0 Å². The van der Waals surface area contributed by atoms with E-state index in [0.717, 1.165) is 35.0 Å². The van der Waals surface area contributed by atoms with Crippen LogP contribution in [0.2, 0.25) is 0 Å². The maximum atomic E-state index is 12.0. The Morgan fingerprint density at radius 3 is 2.76 bits per heavy atom. The Balaban J connectivity index is 1.94. The summed E-state index contributed by atoms with van der Waals surface area (Å²) in [5, 5.41) is 0.804. The highest BCUT2D eigenvalue weighted by Crippen LogP contribution is 2.37. The molecule has 0 radical (unpaired) electrons. The van der Waals surface area contributed by atoms with E-state index >= 15 is 0 Å². The number of pyridine rings is 1. The number of ether oxygens (including phenoxy) is 2. The molecule has 1 amide bonds. The third-order valence-electron chi connectivity index (χ3n) is 4.33. The van der Waals surface area contributed by atoms with Crippen molar-refractivity contribution in [2.45, 2.75) is 25.0 Å². The first-order chi connectivity index (χ1) is 10.2. The van der Waals surface area contributed by atoms with Crippen molar-refractivity contribution in [3.63, 3.8) is 0 Å². The van der Waals surface area contributed by atoms with E-state index in [0.29, 0.717) is 25.2 Å². The Kier molecular flexibility index (Phi) is 2.74. The molecule has 1 aliphatic carbocycles. The molecule has 1 aromatic heterocycles. The van der Waals surface area contributed by atoms with E-state index in [9.17, 15) is 4.79 Å². The van der Waals surface area contributed by atoms with Crippen molar-refractivity contribution in [3.8, 4) is 0 Å². The molecule has 2 heterocycles. The van der Waals surface area contributed by atoms with Crippen LogP contribution < -0.4 is 5.73 Å². The maximum Gasteiger partial charge on any atom is 0.249 e. The number of benzene rings is 1. The number of aromatic nitrogens is 1. The number of nitrogens with two attached hydrogens (primary N) is 1. The molecular weight excluding hydrogens is 268 g/mol. The number of aryl methyl sites for hydroxylation is 1. The number of carbonyl (C=O) groups is 1. The van der Waals surface area contributed by atoms with Crippen LogP contribution in [0.25, 0.3) is 10.9 Å². The first-order valence-electron chi connectivity index (χ1n) is 7.17. The van der Waals surface area contributed by atoms with Gasteiger partial charge in [0.15, 0.2) is 5.79 Å². The fourth-order valence-electron chi connectivity index (χ4n) is 3.39. The summed E-state index contributed by atoms with van der Waals surface area (Å²) in [5.74, 6) is -1.01. The number of hydrogen-bond donors (Lipinski definition) is 1. The fraction of sp³-hybridized carbons (Fsp3) is 0.375. The number of carbonyl (C=O) groups excluding carboxylic acids is 1. The molecule has 0 atom stereocenters. The largest absolute Gasteiger partial charge is 0.366 e. The summed E-state index contributed by atoms with van der Waals surface area (Å²) < 4.78 is 11.6. The van der Waals surface area contributed by atoms with E-state index in [4.69, 9.17) is 20.2 Å². The zero-order chi connectivity index (χ0) is 14.4. The second-order valence-electron chi connectivity index (χ2n) is 5.58. The van der Waals surface area contributed by atoms with Crippen LogP contribution in [0.4, 0.5) is 0 Å². The van der Waals surface area contributed by atoms with Crippen LogP contribution in [0.3, 0.4) is 0 Å². The quantitative estimate of drug-likeness (QED) is 0.862. The number of fused-ring (bicyclic) bond motifs is 2. The maximum absolute atomic E-state index is 12.0. The number of rotatable bonds is 1. The Labute approximate surface area is 122 Å². The van der Waals surface area contributed by atoms with E-state index in [1.165, 1.54) is 0 Å². The summed E-state index contributed by atoms with van der Waals surface area (Å²) in [6.45, 7) is 1.20. The van der Waals surface area contributed by atoms with Crippen molar-refractivity contribution in [1.29, 1.82) is 0 Å². The normalized spacial score (nSPS) is 19.8. The molecule has 1 fully saturated rings. The predicted octanol–water partition coefficient (Wildman–Crippen LogP) is 1.57. The summed E-state index contributed by atoms with van der Waals surface area (Å²) >= 11 is 0. The van der Waals surface area contributed by atoms with Gasteiger partial charge in [0.2, 0.25) is 5.91 Å². The van der Waals surface area contributed by atoms with Gasteiger partial charge in [0.1, 0.15) is 0 Å². The summed E-state index contributed by atoms with van der Waals surface area (Å²) in [6, 6.07) is 7.61. The molecule has 0 saturated carbocycles. The molecule has 4 rings (SSSR count). The van der Waals surface area contributed by atoms with Crippen molar-refractivity contribution in [2.24, 2.45) is 5.73 Å². The first-order valence-corrected chi connectivity index (χ1v) is 7.17. The molecule has 2 aromatic rings. The zero-order valence-corrected chi connectivity index (χ0v) is 11.6. The molecular formula is C16H16N2O3. The van der Waals surface area contributed by atoms with Crippen LogP contribution in [0.1, 0.15) is 28.0 Å². The average Bonchev–Trinajstić information content (AvgIpc) is 2.92. The molecule has 0 bridgehead atoms. The van der Waals surface area contributed by atoms with Gasteiger partial charge in [-0.05, 0) is 18.1 Å². The van der Waals surface area contributed by atoms with Gasteiger partial charge in [-0.3, -0.25) is 9.78 Å². The van der Waals surface area contributed by atoms with E-state index in [-0.39, 0.29) is 0 Å². The van der Waals surface area contributed by atoms with Gasteiger partial charge in [0, 0.05) is 23.9 Å². The molecule has 108 valence electrons. The molecule has 2 aliphatic rings. The molecule has 0 unspecified atom stereocenters. The summed E-state index contributed by atoms with van der Waals surface area (Å²) in [6.07, 6.45) is 2.04. The van der Waals surface area contributed by atoms with Crippen LogP contribution in [0, 0.1) is 0 Å². The van der Waals surface area contributed by atoms with Gasteiger partial charge in [0.25, 0.3) is 0 Å². The number of para-hydroxylation sites is 1. The van der Waals surface area contributed by atoms with Gasteiger partial charge in [0.05, 0.1) is 24.3 Å². The highest BCUT2D eigenvalue weighted by molar-refractivity contribution is 6.07. The molecule has 1 saturated heterocycles. The van der Waals surface area contributed by atoms with Crippen LogP contribution in [0.15, 0.2) is 24.3 Å². The molecule has 21 heavy (non-hydrogen) atoms. The minimum absolute atomic E-state index is 0.417. The fourth-order valence-corrected chi connectivity index (χ4v) is 3.39. The SMILES string of the molecule is NC(=O)c1c2c(nc3ccccc13)CCC1(C2)OCCO1. The van der Waals surface area contributed by atoms with Gasteiger partial charge in [-0.1, -0.05) is 18.2 Å². The Morgan fingerprint density at radius 1 is 1.24 bits per heavy atom. The lowest BCUT2D eigenvalue weighted by molar-refractivity contribution is -0.164. The monoisotopic (exact) mass is 284 g/mol. The average molecular weight is 284 g/mol. The lowest BCUT2D eigenvalue weighted by Gasteiger charge is -2.33. The predicted molar refractivity (Wildman–Crippen MR) is 76.9 cm³/mol. The number of hydrogen-bond acceptors (Lipinski definition) is 4. The van der Waals surface area contributed by atoms with Crippen LogP contribution in [-0.2, 0) is 22.3 Å². The standard InChI is InChI=1S/C16H16N2O3/c17-15(19)14-10-3-1-2-4-12(10)18-13-5-6-16(9-11(13)14)20-7-8-21-16/h1-4H,5-9H2,(H2,17,19). The van der Waals surface area contributed by atoms with E-state index in [2.05, 4.69) is 0 Å². The minimum atomic E-state index is -0.596. The van der Waals surface area contributed by atoms with E-state index in [1.807, 2.05) is 24.3 Å². The van der Waals surface area contributed by atoms with Crippen molar-refractivity contribution < 1.29 is 14.3 Å². The Hall–Kier alpha value is -1.98. The lowest BCUT2D eigenvalue weighted by atomic mass is 9.86. The van der Waals surface area contributed by atoms with Crippen molar-refractivity contribution in [3.05, 3.63) is 41.1 Å². The van der Waals surface area contributed by atoms with Crippen LogP contribution in [-0.4, -0.2) is 29.9 Å². The van der Waals surface area contributed by atoms with Crippen molar-refractivity contribution in [2.75, 3.05) is 13.2 Å². The molecule has 5 heteroatoms. The highest BCUT2D eigenvalue weighted by atomic mass is 16.7. The summed E-state index contributed by atoms with van der Waals surface area (Å²) in [4.78, 5) is 16.7. The molecule has 1 aromatic carbocycles. The second kappa shape index (κ2) is 4.51. The van der Waals surface area contributed by atoms with E-state index in [1.54, 1.807) is 0 Å². The number of amides is 1. The van der Waals surface area contributed by atoms with Gasteiger partial charge in [-0.25, -0.2) is 0 Å². The number of nitrogens with zero attached hydrogens (tertiary/aromatic N) is 1. The Morgan fingerprint density at radius 2 is 2.00 bits per heavy atom. The first kappa shape index (κ1) is 12.7. The molecule has 1 aliphatic heterocycles. The third kappa shape index (κ3) is 1.92. The highest BCUT2D eigenvalue weighted by Gasteiger charge is 2.41. The van der Waals surface area contributed by atoms with Crippen LogP contribution in [0.5, 0.6) is 0 Å². The Bertz CT molecular complexity index is 736. The summed E-state index contributed by atoms with van der Waals surface area (Å²) in [5.41, 5.74) is 8.84. The molecule has 5 nitrogen and oxygen atoms in total. The lowest BCUT2D eigenvalue weighted by Crippen LogP contribution is -2.38. The second-order valence-corrected chi connectivity index (χ2v) is 5.58. The van der Waals surface area contributed by atoms with Gasteiger partial charge in [-0.2, -0.15) is 0 Å². The molecule has 1 spiro atoms. The van der Waals surface area contributed by atoms with Crippen molar-refractivity contribution >= 4 is 16.8 Å². The third-order valence-corrected chi connectivity index (χ3v) is 4.33. The van der Waals surface area contributed by atoms with Crippen molar-refractivity contribution in [1.82, 2.24) is 4.98 Å². The van der Waals surface area contributed by atoms with E-state index < -0.39 is 11.7 Å². The van der Waals surface area contributed by atoms with Crippen LogP contribution >= 0.6 is 0 Å². The zero-order valence-electron chi connectivity index (χ0n) is 11.6. The topological polar surface area (TPSA) is 74.4 Å². The summed E-state index contributed by atoms with van der Waals surface area (Å²) in [7, 11) is 0. The van der Waals surface area contributed by atoms with Gasteiger partial charge in [-0.15, -0.1) is 0 Å². The number of primary amides is 1. The van der Waals surface area contributed by atoms with Gasteiger partial charge < -0.3 is 15.2 Å². The smallest absolute Gasteiger partial charge is 0.249 e.